The number of nitrogens with zero attached hydrogens (tertiary/aromatic N) is 1. The predicted octanol–water partition coefficient (Wildman–Crippen LogP) is 2.16. The molecule has 1 nitrogen and oxygen atoms in total. The van der Waals surface area contributed by atoms with Crippen LogP contribution in [0.5, 0.6) is 0 Å². The second kappa shape index (κ2) is 3.08. The van der Waals surface area contributed by atoms with Crippen LogP contribution in [0.25, 0.3) is 0 Å². The molecule has 1 aromatic heterocycles. The van der Waals surface area contributed by atoms with E-state index >= 15 is 0 Å². The summed E-state index contributed by atoms with van der Waals surface area (Å²) in [5.41, 5.74) is 0. The van der Waals surface area contributed by atoms with Crippen LogP contribution in [0.3, 0.4) is 0 Å². The summed E-state index contributed by atoms with van der Waals surface area (Å²) in [4.78, 5) is 4.26. The Labute approximate surface area is 61.5 Å². The Morgan fingerprint density at radius 3 is 2.78 bits per heavy atom. The lowest BCUT2D eigenvalue weighted by Crippen LogP contribution is -1.78. The molecule has 0 radical (unpaired) electrons. The van der Waals surface area contributed by atoms with E-state index in [4.69, 9.17) is 0 Å². The number of thiol groups is 1. The molecule has 0 saturated heterocycles. The maximum Gasteiger partial charge on any atom is 0.212 e. The van der Waals surface area contributed by atoms with Crippen LogP contribution in [-0.4, -0.2) is 4.98 Å². The monoisotopic (exact) mass is 161 g/mol. The van der Waals surface area contributed by atoms with Crippen molar-refractivity contribution in [2.75, 3.05) is 0 Å². The smallest absolute Gasteiger partial charge is 0.212 e. The molecule has 0 fully saturated rings. The quantitative estimate of drug-likeness (QED) is 0.385. The van der Waals surface area contributed by atoms with Gasteiger partial charge in [-0.1, -0.05) is 10.8 Å². The lowest BCUT2D eigenvalue weighted by atomic mass is 10.5. The van der Waals surface area contributed by atoms with E-state index in [1.807, 2.05) is 0 Å². The van der Waals surface area contributed by atoms with E-state index in [0.29, 0.717) is 0 Å². The maximum absolute atomic E-state index is 12.1. The third-order valence-electron chi connectivity index (χ3n) is 0.806. The minimum Gasteiger partial charge on any atom is -0.227 e. The normalized spacial score (nSPS) is 9.56. The Morgan fingerprint density at radius 2 is 2.33 bits per heavy atom. The fourth-order valence-electron chi connectivity index (χ4n) is 0.416. The predicted molar refractivity (Wildman–Crippen MR) is 39.0 cm³/mol. The van der Waals surface area contributed by atoms with Crippen LogP contribution in [-0.2, 0) is 0 Å². The van der Waals surface area contributed by atoms with Crippen molar-refractivity contribution < 1.29 is 4.39 Å². The van der Waals surface area contributed by atoms with Gasteiger partial charge in [-0.3, -0.25) is 0 Å². The van der Waals surface area contributed by atoms with Crippen molar-refractivity contribution >= 4 is 22.5 Å². The second-order valence-electron chi connectivity index (χ2n) is 1.41. The topological polar surface area (TPSA) is 12.9 Å². The Hall–Kier alpha value is -0.220. The third kappa shape index (κ3) is 1.87. The molecule has 0 aliphatic carbocycles. The highest BCUT2D eigenvalue weighted by atomic mass is 33.1. The third-order valence-corrected chi connectivity index (χ3v) is 1.89. The molecule has 0 aliphatic rings. The van der Waals surface area contributed by atoms with Crippen LogP contribution in [0.1, 0.15) is 0 Å². The molecule has 1 aromatic rings. The van der Waals surface area contributed by atoms with Crippen LogP contribution < -0.4 is 0 Å². The zero-order valence-electron chi connectivity index (χ0n) is 4.41. The fraction of sp³-hybridized carbons (Fsp3) is 0. The second-order valence-corrected chi connectivity index (χ2v) is 2.61. The van der Waals surface area contributed by atoms with Crippen molar-refractivity contribution in [1.82, 2.24) is 4.98 Å². The molecule has 0 saturated carbocycles. The summed E-state index contributed by atoms with van der Waals surface area (Å²) < 4.78 is 12.1. The SMILES string of the molecule is Fc1ccc(SS)cn1. The van der Waals surface area contributed by atoms with Gasteiger partial charge in [0.15, 0.2) is 0 Å². The van der Waals surface area contributed by atoms with E-state index in [9.17, 15) is 4.39 Å². The van der Waals surface area contributed by atoms with Crippen LogP contribution in [0.15, 0.2) is 23.2 Å². The molecule has 0 atom stereocenters. The molecule has 1 rings (SSSR count). The van der Waals surface area contributed by atoms with Gasteiger partial charge in [0.2, 0.25) is 5.95 Å². The molecular weight excluding hydrogens is 157 g/mol. The highest BCUT2D eigenvalue weighted by Crippen LogP contribution is 2.19. The Balaban J connectivity index is 2.88. The van der Waals surface area contributed by atoms with E-state index in [1.54, 1.807) is 6.07 Å². The molecule has 1 heterocycles. The van der Waals surface area contributed by atoms with E-state index < -0.39 is 5.95 Å². The van der Waals surface area contributed by atoms with E-state index in [0.717, 1.165) is 4.90 Å². The fourth-order valence-corrected chi connectivity index (χ4v) is 0.969. The first-order valence-electron chi connectivity index (χ1n) is 2.26. The first kappa shape index (κ1) is 6.89. The van der Waals surface area contributed by atoms with Gasteiger partial charge in [-0.2, -0.15) is 4.39 Å². The Morgan fingerprint density at radius 1 is 1.56 bits per heavy atom. The standard InChI is InChI=1S/C5H4FNS2/c6-5-2-1-4(9-8)3-7-5/h1-3,8H. The summed E-state index contributed by atoms with van der Waals surface area (Å²) in [5.74, 6) is -0.457. The van der Waals surface area contributed by atoms with E-state index in [-0.39, 0.29) is 0 Å². The lowest BCUT2D eigenvalue weighted by Gasteiger charge is -1.90. The van der Waals surface area contributed by atoms with Crippen LogP contribution in [0.4, 0.5) is 4.39 Å². The van der Waals surface area contributed by atoms with Gasteiger partial charge in [-0.25, -0.2) is 4.98 Å². The van der Waals surface area contributed by atoms with Gasteiger partial charge in [0.25, 0.3) is 0 Å². The zero-order chi connectivity index (χ0) is 6.69. The van der Waals surface area contributed by atoms with Crippen molar-refractivity contribution in [1.29, 1.82) is 0 Å². The largest absolute Gasteiger partial charge is 0.227 e. The molecule has 4 heteroatoms. The number of aromatic nitrogens is 1. The average molecular weight is 161 g/mol. The van der Waals surface area contributed by atoms with Gasteiger partial charge in [0.1, 0.15) is 0 Å². The minimum atomic E-state index is -0.457. The molecule has 0 N–H and O–H groups in total. The zero-order valence-corrected chi connectivity index (χ0v) is 6.12. The molecular formula is C5H4FNS2. The van der Waals surface area contributed by atoms with Crippen molar-refractivity contribution in [2.24, 2.45) is 0 Å². The molecule has 0 spiro atoms. The summed E-state index contributed by atoms with van der Waals surface area (Å²) in [6.45, 7) is 0. The molecule has 0 bridgehead atoms. The Kier molecular flexibility index (Phi) is 2.36. The molecule has 9 heavy (non-hydrogen) atoms. The molecule has 48 valence electrons. The van der Waals surface area contributed by atoms with Crippen molar-refractivity contribution in [3.05, 3.63) is 24.3 Å². The molecule has 0 aromatic carbocycles. The van der Waals surface area contributed by atoms with Crippen LogP contribution >= 0.6 is 22.5 Å². The van der Waals surface area contributed by atoms with Gasteiger partial charge in [-0.05, 0) is 12.1 Å². The van der Waals surface area contributed by atoms with Crippen molar-refractivity contribution in [3.8, 4) is 0 Å². The summed E-state index contributed by atoms with van der Waals surface area (Å²) in [6.07, 6.45) is 1.44. The van der Waals surface area contributed by atoms with Crippen LogP contribution in [0, 0.1) is 5.95 Å². The van der Waals surface area contributed by atoms with Gasteiger partial charge in [-0.15, -0.1) is 11.7 Å². The summed E-state index contributed by atoms with van der Waals surface area (Å²) in [7, 11) is 1.24. The lowest BCUT2D eigenvalue weighted by molar-refractivity contribution is 0.581. The number of halogens is 1. The van der Waals surface area contributed by atoms with Crippen molar-refractivity contribution in [3.63, 3.8) is 0 Å². The number of hydrogen-bond acceptors (Lipinski definition) is 3. The summed E-state index contributed by atoms with van der Waals surface area (Å²) >= 11 is 3.90. The maximum atomic E-state index is 12.1. The number of pyridine rings is 1. The van der Waals surface area contributed by atoms with Crippen molar-refractivity contribution in [2.45, 2.75) is 4.90 Å². The first-order chi connectivity index (χ1) is 4.33. The summed E-state index contributed by atoms with van der Waals surface area (Å²) in [6, 6.07) is 2.93. The van der Waals surface area contributed by atoms with Crippen LogP contribution in [0.2, 0.25) is 0 Å². The molecule has 0 aliphatic heterocycles. The highest BCUT2D eigenvalue weighted by Gasteiger charge is 1.90. The van der Waals surface area contributed by atoms with Gasteiger partial charge in [0, 0.05) is 11.1 Å². The van der Waals surface area contributed by atoms with Gasteiger partial charge >= 0.3 is 0 Å². The number of hydrogen-bond donors (Lipinski definition) is 1. The first-order valence-corrected chi connectivity index (χ1v) is 4.13. The molecule has 0 amide bonds. The molecule has 0 unspecified atom stereocenters. The highest BCUT2D eigenvalue weighted by molar-refractivity contribution is 8.68. The van der Waals surface area contributed by atoms with Gasteiger partial charge in [0.05, 0.1) is 0 Å². The van der Waals surface area contributed by atoms with E-state index in [1.165, 1.54) is 23.1 Å². The summed E-state index contributed by atoms with van der Waals surface area (Å²) in [5, 5.41) is 0. The van der Waals surface area contributed by atoms with Gasteiger partial charge < -0.3 is 0 Å². The van der Waals surface area contributed by atoms with E-state index in [2.05, 4.69) is 16.6 Å². The number of rotatable bonds is 1. The minimum absolute atomic E-state index is 0.457. The average Bonchev–Trinajstić information content (AvgIpc) is 1.90. The Bertz CT molecular complexity index is 187.